The maximum absolute atomic E-state index is 11.0. The molecule has 0 saturated carbocycles. The van der Waals surface area contributed by atoms with E-state index in [1.165, 1.54) is 0 Å². The van der Waals surface area contributed by atoms with Crippen LogP contribution in [0.1, 0.15) is 16.1 Å². The number of pyridine rings is 1. The largest absolute Gasteiger partial charge is 0.383 e. The zero-order valence-electron chi connectivity index (χ0n) is 10.1. The summed E-state index contributed by atoms with van der Waals surface area (Å²) in [4.78, 5) is 14.8. The lowest BCUT2D eigenvalue weighted by atomic mass is 10.3. The third-order valence-corrected chi connectivity index (χ3v) is 2.44. The summed E-state index contributed by atoms with van der Waals surface area (Å²) in [6.07, 6.45) is 5.35. The van der Waals surface area contributed by atoms with Crippen LogP contribution in [-0.4, -0.2) is 27.2 Å². The number of aryl methyl sites for hydroxylation is 1. The molecule has 2 rings (SSSR count). The van der Waals surface area contributed by atoms with Crippen LogP contribution in [-0.2, 0) is 6.54 Å². The Morgan fingerprint density at radius 3 is 3.06 bits per heavy atom. The van der Waals surface area contributed by atoms with E-state index in [2.05, 4.69) is 15.4 Å². The Labute approximate surface area is 105 Å². The molecule has 0 saturated heterocycles. The SMILES string of the molecule is Cc1cnn(CCNc2ccnc(C(N)=O)c2)c1. The van der Waals surface area contributed by atoms with Crippen LogP contribution in [0.2, 0.25) is 0 Å². The van der Waals surface area contributed by atoms with Gasteiger partial charge in [-0.3, -0.25) is 14.5 Å². The smallest absolute Gasteiger partial charge is 0.267 e. The van der Waals surface area contributed by atoms with Gasteiger partial charge in [0, 0.05) is 24.6 Å². The number of aromatic nitrogens is 3. The molecular weight excluding hydrogens is 230 g/mol. The van der Waals surface area contributed by atoms with Crippen molar-refractivity contribution in [1.29, 1.82) is 0 Å². The van der Waals surface area contributed by atoms with Gasteiger partial charge in [-0.1, -0.05) is 0 Å². The summed E-state index contributed by atoms with van der Waals surface area (Å²) in [7, 11) is 0. The minimum atomic E-state index is -0.527. The zero-order valence-corrected chi connectivity index (χ0v) is 10.1. The molecule has 0 aromatic carbocycles. The van der Waals surface area contributed by atoms with E-state index >= 15 is 0 Å². The van der Waals surface area contributed by atoms with Gasteiger partial charge in [-0.2, -0.15) is 5.10 Å². The molecule has 0 aliphatic rings. The van der Waals surface area contributed by atoms with Gasteiger partial charge in [-0.25, -0.2) is 0 Å². The first kappa shape index (κ1) is 12.1. The number of carbonyl (C=O) groups excluding carboxylic acids is 1. The maximum Gasteiger partial charge on any atom is 0.267 e. The number of amides is 1. The van der Waals surface area contributed by atoms with Gasteiger partial charge >= 0.3 is 0 Å². The van der Waals surface area contributed by atoms with Crippen molar-refractivity contribution in [3.05, 3.63) is 42.0 Å². The van der Waals surface area contributed by atoms with E-state index in [4.69, 9.17) is 5.73 Å². The Morgan fingerprint density at radius 2 is 2.39 bits per heavy atom. The molecule has 0 unspecified atom stereocenters. The second kappa shape index (κ2) is 5.31. The highest BCUT2D eigenvalue weighted by molar-refractivity contribution is 5.91. The van der Waals surface area contributed by atoms with Crippen LogP contribution in [0.5, 0.6) is 0 Å². The molecule has 18 heavy (non-hydrogen) atoms. The second-order valence-corrected chi connectivity index (χ2v) is 4.00. The summed E-state index contributed by atoms with van der Waals surface area (Å²) < 4.78 is 1.86. The van der Waals surface area contributed by atoms with E-state index in [1.807, 2.05) is 24.0 Å². The summed E-state index contributed by atoms with van der Waals surface area (Å²) in [5, 5.41) is 7.37. The summed E-state index contributed by atoms with van der Waals surface area (Å²) in [5.74, 6) is -0.527. The molecule has 3 N–H and O–H groups in total. The lowest BCUT2D eigenvalue weighted by Gasteiger charge is -2.07. The monoisotopic (exact) mass is 245 g/mol. The lowest BCUT2D eigenvalue weighted by molar-refractivity contribution is 0.0995. The Balaban J connectivity index is 1.90. The highest BCUT2D eigenvalue weighted by Gasteiger charge is 2.02. The van der Waals surface area contributed by atoms with E-state index in [0.717, 1.165) is 17.8 Å². The highest BCUT2D eigenvalue weighted by atomic mass is 16.1. The fourth-order valence-corrected chi connectivity index (χ4v) is 1.58. The van der Waals surface area contributed by atoms with Crippen LogP contribution < -0.4 is 11.1 Å². The van der Waals surface area contributed by atoms with Crippen LogP contribution in [0.3, 0.4) is 0 Å². The van der Waals surface area contributed by atoms with Gasteiger partial charge in [0.15, 0.2) is 0 Å². The highest BCUT2D eigenvalue weighted by Crippen LogP contribution is 2.07. The van der Waals surface area contributed by atoms with Crippen molar-refractivity contribution in [2.75, 3.05) is 11.9 Å². The predicted octanol–water partition coefficient (Wildman–Crippen LogP) is 0.798. The van der Waals surface area contributed by atoms with Gasteiger partial charge in [0.05, 0.1) is 12.7 Å². The van der Waals surface area contributed by atoms with Crippen molar-refractivity contribution >= 4 is 11.6 Å². The Morgan fingerprint density at radius 1 is 1.56 bits per heavy atom. The Bertz CT molecular complexity index is 549. The van der Waals surface area contributed by atoms with Crippen molar-refractivity contribution in [3.63, 3.8) is 0 Å². The number of anilines is 1. The van der Waals surface area contributed by atoms with E-state index in [1.54, 1.807) is 18.3 Å². The number of nitrogens with zero attached hydrogens (tertiary/aromatic N) is 3. The first-order valence-corrected chi connectivity index (χ1v) is 5.64. The van der Waals surface area contributed by atoms with Crippen molar-refractivity contribution in [3.8, 4) is 0 Å². The van der Waals surface area contributed by atoms with Gasteiger partial charge in [-0.05, 0) is 24.6 Å². The number of carbonyl (C=O) groups is 1. The average Bonchev–Trinajstić information content (AvgIpc) is 2.75. The van der Waals surface area contributed by atoms with E-state index < -0.39 is 5.91 Å². The van der Waals surface area contributed by atoms with Crippen molar-refractivity contribution < 1.29 is 4.79 Å². The fraction of sp³-hybridized carbons (Fsp3) is 0.250. The number of hydrogen-bond acceptors (Lipinski definition) is 4. The van der Waals surface area contributed by atoms with Gasteiger partial charge in [-0.15, -0.1) is 0 Å². The van der Waals surface area contributed by atoms with Crippen molar-refractivity contribution in [1.82, 2.24) is 14.8 Å². The zero-order chi connectivity index (χ0) is 13.0. The van der Waals surface area contributed by atoms with Crippen molar-refractivity contribution in [2.24, 2.45) is 5.73 Å². The predicted molar refractivity (Wildman–Crippen MR) is 68.2 cm³/mol. The van der Waals surface area contributed by atoms with Crippen LogP contribution in [0.4, 0.5) is 5.69 Å². The molecule has 6 heteroatoms. The Hall–Kier alpha value is -2.37. The molecule has 94 valence electrons. The fourth-order valence-electron chi connectivity index (χ4n) is 1.58. The minimum Gasteiger partial charge on any atom is -0.383 e. The number of hydrogen-bond donors (Lipinski definition) is 2. The van der Waals surface area contributed by atoms with E-state index in [-0.39, 0.29) is 5.69 Å². The molecule has 0 aliphatic heterocycles. The van der Waals surface area contributed by atoms with Crippen LogP contribution in [0, 0.1) is 6.92 Å². The minimum absolute atomic E-state index is 0.259. The maximum atomic E-state index is 11.0. The van der Waals surface area contributed by atoms with Crippen molar-refractivity contribution in [2.45, 2.75) is 13.5 Å². The number of primary amides is 1. The quantitative estimate of drug-likeness (QED) is 0.815. The molecule has 0 spiro atoms. The molecule has 6 nitrogen and oxygen atoms in total. The average molecular weight is 245 g/mol. The molecule has 0 aliphatic carbocycles. The lowest BCUT2D eigenvalue weighted by Crippen LogP contribution is -2.14. The summed E-state index contributed by atoms with van der Waals surface area (Å²) in [5.41, 5.74) is 7.38. The molecule has 0 radical (unpaired) electrons. The molecule has 1 amide bonds. The summed E-state index contributed by atoms with van der Waals surface area (Å²) >= 11 is 0. The topological polar surface area (TPSA) is 85.8 Å². The molecule has 0 fully saturated rings. The normalized spacial score (nSPS) is 10.3. The van der Waals surface area contributed by atoms with Crippen LogP contribution in [0.25, 0.3) is 0 Å². The third kappa shape index (κ3) is 3.07. The first-order valence-electron chi connectivity index (χ1n) is 5.64. The molecule has 2 heterocycles. The van der Waals surface area contributed by atoms with Gasteiger partial charge in [0.2, 0.25) is 0 Å². The van der Waals surface area contributed by atoms with Gasteiger partial charge in [0.25, 0.3) is 5.91 Å². The van der Waals surface area contributed by atoms with E-state index in [0.29, 0.717) is 6.54 Å². The molecule has 0 bridgehead atoms. The summed E-state index contributed by atoms with van der Waals surface area (Å²) in [6, 6.07) is 3.43. The number of rotatable bonds is 5. The number of nitrogens with one attached hydrogen (secondary N) is 1. The second-order valence-electron chi connectivity index (χ2n) is 4.00. The third-order valence-electron chi connectivity index (χ3n) is 2.44. The standard InChI is InChI=1S/C12H15N5O/c1-9-7-16-17(8-9)5-4-14-10-2-3-15-11(6-10)12(13)18/h2-3,6-8H,4-5H2,1H3,(H2,13,18)(H,14,15). The van der Waals surface area contributed by atoms with Crippen LogP contribution >= 0.6 is 0 Å². The molecular formula is C12H15N5O. The first-order chi connectivity index (χ1) is 8.65. The summed E-state index contributed by atoms with van der Waals surface area (Å²) in [6.45, 7) is 3.46. The Kier molecular flexibility index (Phi) is 3.57. The molecule has 0 atom stereocenters. The van der Waals surface area contributed by atoms with Gasteiger partial charge in [0.1, 0.15) is 5.69 Å². The van der Waals surface area contributed by atoms with E-state index in [9.17, 15) is 4.79 Å². The number of nitrogens with two attached hydrogens (primary N) is 1. The van der Waals surface area contributed by atoms with Gasteiger partial charge < -0.3 is 11.1 Å². The molecule has 2 aromatic heterocycles. The molecule has 2 aromatic rings. The van der Waals surface area contributed by atoms with Crippen LogP contribution in [0.15, 0.2) is 30.7 Å².